The second-order valence-electron chi connectivity index (χ2n) is 3.12. The first-order chi connectivity index (χ1) is 7.86. The highest BCUT2D eigenvalue weighted by molar-refractivity contribution is 5.86. The van der Waals surface area contributed by atoms with Gasteiger partial charge in [0.05, 0.1) is 5.39 Å². The third kappa shape index (κ3) is 1.86. The lowest BCUT2D eigenvalue weighted by Gasteiger charge is -2.03. The van der Waals surface area contributed by atoms with E-state index in [0.717, 1.165) is 5.39 Å². The van der Waals surface area contributed by atoms with Gasteiger partial charge in [0.1, 0.15) is 11.7 Å². The molecule has 1 aromatic carbocycles. The number of ether oxygens (including phenoxy) is 2. The van der Waals surface area contributed by atoms with Gasteiger partial charge < -0.3 is 13.9 Å². The Morgan fingerprint density at radius 3 is 2.94 bits per heavy atom. The Hall–Kier alpha value is -1.99. The minimum atomic E-state index is 0.120. The molecule has 0 amide bonds. The molecule has 2 aromatic rings. The Labute approximate surface area is 93.0 Å². The summed E-state index contributed by atoms with van der Waals surface area (Å²) >= 11 is 0. The standard InChI is InChI=1S/C12H11NO3/c1-2-14-8-15-12-9-5-3-4-6-10(9)16-11(12)7-13/h3-6H,2,8H2,1H3. The zero-order chi connectivity index (χ0) is 11.4. The maximum absolute atomic E-state index is 8.91. The molecule has 2 rings (SSSR count). The van der Waals surface area contributed by atoms with Gasteiger partial charge in [-0.1, -0.05) is 12.1 Å². The van der Waals surface area contributed by atoms with Crippen LogP contribution in [0, 0.1) is 11.3 Å². The zero-order valence-corrected chi connectivity index (χ0v) is 8.90. The molecule has 0 unspecified atom stereocenters. The summed E-state index contributed by atoms with van der Waals surface area (Å²) in [5.41, 5.74) is 0.644. The summed E-state index contributed by atoms with van der Waals surface area (Å²) in [6.45, 7) is 2.56. The molecule has 4 nitrogen and oxygen atoms in total. The van der Waals surface area contributed by atoms with Crippen LogP contribution in [0.1, 0.15) is 12.7 Å². The van der Waals surface area contributed by atoms with Crippen LogP contribution in [0.25, 0.3) is 11.0 Å². The van der Waals surface area contributed by atoms with Crippen LogP contribution in [0.3, 0.4) is 0 Å². The Morgan fingerprint density at radius 1 is 1.38 bits per heavy atom. The van der Waals surface area contributed by atoms with Crippen molar-refractivity contribution >= 4 is 11.0 Å². The quantitative estimate of drug-likeness (QED) is 0.583. The number of furan rings is 1. The minimum Gasteiger partial charge on any atom is -0.462 e. The normalized spacial score (nSPS) is 10.2. The van der Waals surface area contributed by atoms with Crippen molar-refractivity contribution in [3.63, 3.8) is 0 Å². The van der Waals surface area contributed by atoms with E-state index < -0.39 is 0 Å². The van der Waals surface area contributed by atoms with E-state index in [1.54, 1.807) is 6.07 Å². The number of benzene rings is 1. The van der Waals surface area contributed by atoms with Crippen LogP contribution in [0.4, 0.5) is 0 Å². The number of nitriles is 1. The maximum atomic E-state index is 8.91. The van der Waals surface area contributed by atoms with Gasteiger partial charge in [-0.2, -0.15) is 5.26 Å². The summed E-state index contributed by atoms with van der Waals surface area (Å²) in [6.07, 6.45) is 0. The Morgan fingerprint density at radius 2 is 2.19 bits per heavy atom. The van der Waals surface area contributed by atoms with Gasteiger partial charge in [0.25, 0.3) is 0 Å². The van der Waals surface area contributed by atoms with Crippen LogP contribution in [-0.2, 0) is 4.74 Å². The summed E-state index contributed by atoms with van der Waals surface area (Å²) in [6, 6.07) is 9.32. The van der Waals surface area contributed by atoms with E-state index in [1.807, 2.05) is 31.2 Å². The zero-order valence-electron chi connectivity index (χ0n) is 8.90. The van der Waals surface area contributed by atoms with Gasteiger partial charge in [0, 0.05) is 6.61 Å². The summed E-state index contributed by atoms with van der Waals surface area (Å²) in [4.78, 5) is 0. The molecule has 0 aliphatic carbocycles. The second-order valence-corrected chi connectivity index (χ2v) is 3.12. The van der Waals surface area contributed by atoms with Gasteiger partial charge in [0.2, 0.25) is 5.76 Å². The summed E-state index contributed by atoms with van der Waals surface area (Å²) in [5, 5.41) is 9.70. The van der Waals surface area contributed by atoms with Crippen molar-refractivity contribution in [2.75, 3.05) is 13.4 Å². The molecular formula is C12H11NO3. The number of para-hydroxylation sites is 1. The average Bonchev–Trinajstić information content (AvgIpc) is 2.68. The third-order valence-corrected chi connectivity index (χ3v) is 2.14. The van der Waals surface area contributed by atoms with Crippen molar-refractivity contribution in [1.82, 2.24) is 0 Å². The van der Waals surface area contributed by atoms with Gasteiger partial charge in [0.15, 0.2) is 12.5 Å². The molecular weight excluding hydrogens is 206 g/mol. The largest absolute Gasteiger partial charge is 0.462 e. The number of rotatable bonds is 4. The molecule has 1 aromatic heterocycles. The van der Waals surface area contributed by atoms with E-state index >= 15 is 0 Å². The van der Waals surface area contributed by atoms with E-state index in [2.05, 4.69) is 0 Å². The topological polar surface area (TPSA) is 55.4 Å². The molecule has 0 aliphatic rings. The SMILES string of the molecule is CCOCOc1c(C#N)oc2ccccc12. The molecule has 1 heterocycles. The minimum absolute atomic E-state index is 0.120. The summed E-state index contributed by atoms with van der Waals surface area (Å²) in [5.74, 6) is 0.632. The number of hydrogen-bond acceptors (Lipinski definition) is 4. The van der Waals surface area contributed by atoms with Gasteiger partial charge >= 0.3 is 0 Å². The lowest BCUT2D eigenvalue weighted by Crippen LogP contribution is -2.02. The fourth-order valence-electron chi connectivity index (χ4n) is 1.42. The highest BCUT2D eigenvalue weighted by Crippen LogP contribution is 2.32. The molecule has 0 N–H and O–H groups in total. The monoisotopic (exact) mass is 217 g/mol. The first-order valence-electron chi connectivity index (χ1n) is 4.99. The van der Waals surface area contributed by atoms with E-state index in [4.69, 9.17) is 19.2 Å². The molecule has 0 fully saturated rings. The number of nitrogens with zero attached hydrogens (tertiary/aromatic N) is 1. The van der Waals surface area contributed by atoms with Crippen molar-refractivity contribution in [3.8, 4) is 11.8 Å². The van der Waals surface area contributed by atoms with Gasteiger partial charge in [-0.3, -0.25) is 0 Å². The molecule has 0 radical (unpaired) electrons. The molecule has 0 atom stereocenters. The molecule has 0 bridgehead atoms. The molecule has 0 saturated carbocycles. The maximum Gasteiger partial charge on any atom is 0.246 e. The van der Waals surface area contributed by atoms with Crippen LogP contribution in [-0.4, -0.2) is 13.4 Å². The van der Waals surface area contributed by atoms with E-state index in [9.17, 15) is 0 Å². The first-order valence-corrected chi connectivity index (χ1v) is 4.99. The van der Waals surface area contributed by atoms with Crippen molar-refractivity contribution in [3.05, 3.63) is 30.0 Å². The van der Waals surface area contributed by atoms with Crippen LogP contribution < -0.4 is 4.74 Å². The van der Waals surface area contributed by atoms with E-state index in [1.165, 1.54) is 0 Å². The number of hydrogen-bond donors (Lipinski definition) is 0. The Bertz CT molecular complexity index is 525. The highest BCUT2D eigenvalue weighted by Gasteiger charge is 2.14. The smallest absolute Gasteiger partial charge is 0.246 e. The van der Waals surface area contributed by atoms with Crippen LogP contribution >= 0.6 is 0 Å². The van der Waals surface area contributed by atoms with Crippen molar-refractivity contribution in [2.24, 2.45) is 0 Å². The first kappa shape index (κ1) is 10.5. The van der Waals surface area contributed by atoms with E-state index in [0.29, 0.717) is 17.9 Å². The lowest BCUT2D eigenvalue weighted by atomic mass is 10.2. The summed E-state index contributed by atoms with van der Waals surface area (Å²) < 4.78 is 15.8. The summed E-state index contributed by atoms with van der Waals surface area (Å²) in [7, 11) is 0. The van der Waals surface area contributed by atoms with Crippen LogP contribution in [0.2, 0.25) is 0 Å². The molecule has 0 spiro atoms. The van der Waals surface area contributed by atoms with Crippen molar-refractivity contribution < 1.29 is 13.9 Å². The molecule has 4 heteroatoms. The van der Waals surface area contributed by atoms with Crippen molar-refractivity contribution in [2.45, 2.75) is 6.92 Å². The average molecular weight is 217 g/mol. The van der Waals surface area contributed by atoms with Crippen LogP contribution in [0.5, 0.6) is 5.75 Å². The Kier molecular flexibility index (Phi) is 3.08. The molecule has 0 saturated heterocycles. The van der Waals surface area contributed by atoms with E-state index in [-0.39, 0.29) is 12.6 Å². The molecule has 82 valence electrons. The van der Waals surface area contributed by atoms with Gasteiger partial charge in [-0.05, 0) is 19.1 Å². The Balaban J connectivity index is 2.37. The third-order valence-electron chi connectivity index (χ3n) is 2.14. The second kappa shape index (κ2) is 4.69. The predicted molar refractivity (Wildman–Crippen MR) is 58.1 cm³/mol. The predicted octanol–water partition coefficient (Wildman–Crippen LogP) is 2.68. The fraction of sp³-hybridized carbons (Fsp3) is 0.250. The van der Waals surface area contributed by atoms with Gasteiger partial charge in [-0.25, -0.2) is 0 Å². The molecule has 16 heavy (non-hydrogen) atoms. The highest BCUT2D eigenvalue weighted by atomic mass is 16.7. The van der Waals surface area contributed by atoms with Crippen LogP contribution in [0.15, 0.2) is 28.7 Å². The van der Waals surface area contributed by atoms with Crippen molar-refractivity contribution in [1.29, 1.82) is 5.26 Å². The number of fused-ring (bicyclic) bond motifs is 1. The lowest BCUT2D eigenvalue weighted by molar-refractivity contribution is 0.0226. The van der Waals surface area contributed by atoms with Gasteiger partial charge in [-0.15, -0.1) is 0 Å². The molecule has 0 aliphatic heterocycles. The fourth-order valence-corrected chi connectivity index (χ4v) is 1.42.